The van der Waals surface area contributed by atoms with Gasteiger partial charge in [-0.25, -0.2) is 0 Å². The van der Waals surface area contributed by atoms with Gasteiger partial charge in [-0.05, 0) is 55.2 Å². The molecule has 0 aromatic heterocycles. The van der Waals surface area contributed by atoms with Crippen molar-refractivity contribution in [2.75, 3.05) is 31.7 Å². The van der Waals surface area contributed by atoms with Crippen LogP contribution in [0.5, 0.6) is 5.75 Å². The highest BCUT2D eigenvalue weighted by molar-refractivity contribution is 8.76. The molecule has 0 saturated carbocycles. The highest BCUT2D eigenvalue weighted by Gasteiger charge is 2.41. The van der Waals surface area contributed by atoms with E-state index >= 15 is 0 Å². The number of carbonyl (C=O) groups is 12. The van der Waals surface area contributed by atoms with Gasteiger partial charge in [0.25, 0.3) is 0 Å². The highest BCUT2D eigenvalue weighted by atomic mass is 33.1. The number of amides is 12. The van der Waals surface area contributed by atoms with E-state index in [0.29, 0.717) is 24.2 Å². The number of methoxy groups -OCH3 is 1. The van der Waals surface area contributed by atoms with Gasteiger partial charge < -0.3 is 69.4 Å². The lowest BCUT2D eigenvalue weighted by atomic mass is 9.96. The highest BCUT2D eigenvalue weighted by Crippen LogP contribution is 2.26. The average Bonchev–Trinajstić information content (AvgIpc) is 3.83. The molecule has 25 nitrogen and oxygen atoms in total. The van der Waals surface area contributed by atoms with E-state index in [1.807, 2.05) is 13.8 Å². The van der Waals surface area contributed by atoms with Crippen LogP contribution in [0.3, 0.4) is 0 Å². The normalized spacial score (nSPS) is 23.5. The Hall–Kier alpha value is -6.64. The second-order valence-corrected chi connectivity index (χ2v) is 20.8. The molecule has 1 aromatic carbocycles. The number of nitrogens with one attached hydrogen (secondary N) is 8. The van der Waals surface area contributed by atoms with Crippen LogP contribution in [0.2, 0.25) is 0 Å². The standard InChI is InChI=1S/C46H70N12O13S2/c1-7-24(4)38-45(69)52-28(14-15-35(47)60)40(64)54-31(19-36(48)61)41(65)56-33(46(70)58-16-8-9-34(58)44(68)55-29(17-23(2)3)39(63)50-20-37(49)62)22-73-72-21-32(51-25(5)59)43(67)53-30(42(66)57-38)18-26-10-12-27(71-6)13-11-26/h10-13,23-24,28-34,38H,7-9,14-22H2,1-6H3,(H2,47,60)(H2,48,61)(H2,49,62)(H,50,63)(H,51,59)(H,52,69)(H,53,67)(H,54,64)(H,55,68)(H,56,65)(H,57,66)/t24-,28-,29-,30-,31-,32-,33-,34-,38-/m0/s1. The quantitative estimate of drug-likeness (QED) is 0.0611. The zero-order valence-corrected chi connectivity index (χ0v) is 43.5. The Morgan fingerprint density at radius 1 is 0.781 bits per heavy atom. The van der Waals surface area contributed by atoms with Crippen molar-refractivity contribution in [1.82, 2.24) is 47.4 Å². The van der Waals surface area contributed by atoms with Crippen molar-refractivity contribution in [2.45, 2.75) is 134 Å². The molecule has 0 radical (unpaired) electrons. The third-order valence-corrected chi connectivity index (χ3v) is 14.3. The first-order valence-corrected chi connectivity index (χ1v) is 26.3. The summed E-state index contributed by atoms with van der Waals surface area (Å²) in [5.74, 6) is -10.7. The summed E-state index contributed by atoms with van der Waals surface area (Å²) >= 11 is 0. The Morgan fingerprint density at radius 3 is 1.99 bits per heavy atom. The fourth-order valence-electron chi connectivity index (χ4n) is 7.81. The monoisotopic (exact) mass is 1060 g/mol. The van der Waals surface area contributed by atoms with E-state index in [4.69, 9.17) is 21.9 Å². The van der Waals surface area contributed by atoms with E-state index in [0.717, 1.165) is 21.6 Å². The van der Waals surface area contributed by atoms with Crippen molar-refractivity contribution < 1.29 is 62.3 Å². The summed E-state index contributed by atoms with van der Waals surface area (Å²) in [5, 5.41) is 20.5. The molecule has 0 aliphatic carbocycles. The Morgan fingerprint density at radius 2 is 1.40 bits per heavy atom. The van der Waals surface area contributed by atoms with Crippen LogP contribution in [-0.4, -0.2) is 156 Å². The van der Waals surface area contributed by atoms with E-state index in [1.165, 1.54) is 18.9 Å². The molecule has 0 spiro atoms. The van der Waals surface area contributed by atoms with E-state index < -0.39 is 151 Å². The number of ether oxygens (including phenoxy) is 1. The molecular formula is C46H70N12O13S2. The van der Waals surface area contributed by atoms with E-state index in [9.17, 15) is 57.5 Å². The van der Waals surface area contributed by atoms with Gasteiger partial charge in [0.15, 0.2) is 0 Å². The molecule has 2 aliphatic heterocycles. The Balaban J connectivity index is 2.12. The zero-order valence-electron chi connectivity index (χ0n) is 41.9. The number of benzene rings is 1. The first-order chi connectivity index (χ1) is 34.4. The molecular weight excluding hydrogens is 993 g/mol. The third kappa shape index (κ3) is 20.1. The predicted molar refractivity (Wildman–Crippen MR) is 269 cm³/mol. The fourth-order valence-corrected chi connectivity index (χ4v) is 10.1. The van der Waals surface area contributed by atoms with Gasteiger partial charge >= 0.3 is 0 Å². The Kier molecular flexibility index (Phi) is 24.7. The minimum absolute atomic E-state index is 0.0280. The van der Waals surface area contributed by atoms with Gasteiger partial charge in [0, 0.05) is 37.8 Å². The number of hydrogen-bond donors (Lipinski definition) is 11. The summed E-state index contributed by atoms with van der Waals surface area (Å²) in [6.45, 7) is 7.75. The second kappa shape index (κ2) is 29.8. The molecule has 73 heavy (non-hydrogen) atoms. The van der Waals surface area contributed by atoms with Crippen LogP contribution in [0, 0.1) is 11.8 Å². The summed E-state index contributed by atoms with van der Waals surface area (Å²) in [6.07, 6.45) is -0.790. The van der Waals surface area contributed by atoms with Gasteiger partial charge in [0.1, 0.15) is 54.1 Å². The fraction of sp³-hybridized carbons (Fsp3) is 0.609. The molecule has 12 amide bonds. The molecule has 27 heteroatoms. The zero-order chi connectivity index (χ0) is 54.5. The third-order valence-electron chi connectivity index (χ3n) is 11.9. The lowest BCUT2D eigenvalue weighted by Crippen LogP contribution is -2.62. The van der Waals surface area contributed by atoms with Crippen molar-refractivity contribution in [2.24, 2.45) is 29.0 Å². The van der Waals surface area contributed by atoms with E-state index in [-0.39, 0.29) is 43.2 Å². The van der Waals surface area contributed by atoms with Gasteiger partial charge in [0.05, 0.1) is 20.1 Å². The van der Waals surface area contributed by atoms with Crippen LogP contribution in [0.1, 0.15) is 85.1 Å². The molecule has 2 heterocycles. The largest absolute Gasteiger partial charge is 0.497 e. The number of primary amides is 3. The molecule has 9 atom stereocenters. The average molecular weight is 1060 g/mol. The van der Waals surface area contributed by atoms with Gasteiger partial charge in [-0.3, -0.25) is 57.5 Å². The lowest BCUT2D eigenvalue weighted by Gasteiger charge is -2.31. The minimum Gasteiger partial charge on any atom is -0.497 e. The van der Waals surface area contributed by atoms with Crippen LogP contribution in [0.25, 0.3) is 0 Å². The first kappa shape index (κ1) is 60.7. The Labute approximate surface area is 431 Å². The number of hydrogen-bond acceptors (Lipinski definition) is 15. The van der Waals surface area contributed by atoms with Crippen LogP contribution in [0.15, 0.2) is 24.3 Å². The van der Waals surface area contributed by atoms with Crippen LogP contribution in [-0.2, 0) is 64.0 Å². The maximum absolute atomic E-state index is 14.6. The first-order valence-electron chi connectivity index (χ1n) is 23.8. The van der Waals surface area contributed by atoms with E-state index in [1.54, 1.807) is 38.1 Å². The summed E-state index contributed by atoms with van der Waals surface area (Å²) in [6, 6.07) is -4.49. The Bertz CT molecular complexity index is 2190. The van der Waals surface area contributed by atoms with Crippen molar-refractivity contribution in [3.05, 3.63) is 29.8 Å². The van der Waals surface area contributed by atoms with Crippen molar-refractivity contribution in [1.29, 1.82) is 0 Å². The van der Waals surface area contributed by atoms with Gasteiger partial charge in [0.2, 0.25) is 70.9 Å². The number of rotatable bonds is 19. The molecule has 0 bridgehead atoms. The van der Waals surface area contributed by atoms with Crippen LogP contribution >= 0.6 is 21.6 Å². The molecule has 14 N–H and O–H groups in total. The van der Waals surface area contributed by atoms with Crippen molar-refractivity contribution in [3.63, 3.8) is 0 Å². The molecule has 2 saturated heterocycles. The van der Waals surface area contributed by atoms with E-state index in [2.05, 4.69) is 42.5 Å². The topological polar surface area (TPSA) is 392 Å². The second-order valence-electron chi connectivity index (χ2n) is 18.2. The number of carbonyl (C=O) groups excluding carboxylic acids is 12. The number of likely N-dealkylation sites (tertiary alicyclic amines) is 1. The lowest BCUT2D eigenvalue weighted by molar-refractivity contribution is -0.142. The molecule has 0 unspecified atom stereocenters. The molecule has 2 fully saturated rings. The number of nitrogens with zero attached hydrogens (tertiary/aromatic N) is 1. The van der Waals surface area contributed by atoms with Gasteiger partial charge in [-0.2, -0.15) is 0 Å². The number of nitrogens with two attached hydrogens (primary N) is 3. The summed E-state index contributed by atoms with van der Waals surface area (Å²) in [5.41, 5.74) is 16.7. The molecule has 1 aromatic rings. The molecule has 2 aliphatic rings. The SMILES string of the molecule is CC[C@H](C)[C@@H]1NC(=O)[C@H](Cc2ccc(OC)cc2)NC(=O)[C@@H](NC(C)=O)CSSC[C@@H](C(=O)N2CCC[C@H]2C(=O)N[C@@H](CC(C)C)C(=O)NCC(N)=O)NC(=O)[C@H](CC(N)=O)NC(=O)[C@H](CCC(N)=O)NC1=O. The van der Waals surface area contributed by atoms with Crippen LogP contribution < -0.4 is 64.5 Å². The maximum Gasteiger partial charge on any atom is 0.246 e. The summed E-state index contributed by atoms with van der Waals surface area (Å²) in [4.78, 5) is 162. The predicted octanol–water partition coefficient (Wildman–Crippen LogP) is -3.13. The van der Waals surface area contributed by atoms with Gasteiger partial charge in [-0.1, -0.05) is 67.8 Å². The molecule has 3 rings (SSSR count). The summed E-state index contributed by atoms with van der Waals surface area (Å²) in [7, 11) is 3.46. The summed E-state index contributed by atoms with van der Waals surface area (Å²) < 4.78 is 5.26. The smallest absolute Gasteiger partial charge is 0.246 e. The van der Waals surface area contributed by atoms with Gasteiger partial charge in [-0.15, -0.1) is 0 Å². The molecule has 404 valence electrons. The maximum atomic E-state index is 14.6. The van der Waals surface area contributed by atoms with Crippen molar-refractivity contribution >= 4 is 92.5 Å². The van der Waals surface area contributed by atoms with Crippen molar-refractivity contribution in [3.8, 4) is 5.75 Å². The minimum atomic E-state index is -1.78. The van der Waals surface area contributed by atoms with Crippen LogP contribution in [0.4, 0.5) is 0 Å².